The number of hydrogen-bond donors (Lipinski definition) is 1. The van der Waals surface area contributed by atoms with E-state index in [1.165, 1.54) is 0 Å². The van der Waals surface area contributed by atoms with Gasteiger partial charge >= 0.3 is 0 Å². The summed E-state index contributed by atoms with van der Waals surface area (Å²) < 4.78 is 21.1. The molecule has 5 nitrogen and oxygen atoms in total. The second-order valence-corrected chi connectivity index (χ2v) is 4.64. The van der Waals surface area contributed by atoms with Crippen LogP contribution < -0.4 is 24.3 Å². The van der Waals surface area contributed by atoms with Gasteiger partial charge < -0.3 is 24.3 Å². The van der Waals surface area contributed by atoms with Crippen LogP contribution in [0.15, 0.2) is 36.4 Å². The Kier molecular flexibility index (Phi) is 5.36. The van der Waals surface area contributed by atoms with E-state index in [-0.39, 0.29) is 0 Å². The number of rotatable bonds is 7. The second-order valence-electron chi connectivity index (χ2n) is 4.64. The van der Waals surface area contributed by atoms with Crippen molar-refractivity contribution >= 4 is 5.69 Å². The summed E-state index contributed by atoms with van der Waals surface area (Å²) in [5.74, 6) is 2.92. The summed E-state index contributed by atoms with van der Waals surface area (Å²) >= 11 is 0. The average molecular weight is 303 g/mol. The highest BCUT2D eigenvalue weighted by molar-refractivity contribution is 5.54. The van der Waals surface area contributed by atoms with E-state index in [1.54, 1.807) is 28.4 Å². The minimum atomic E-state index is 0.649. The van der Waals surface area contributed by atoms with E-state index in [1.807, 2.05) is 36.4 Å². The Labute approximate surface area is 130 Å². The highest BCUT2D eigenvalue weighted by atomic mass is 16.5. The molecule has 0 bridgehead atoms. The first kappa shape index (κ1) is 15.8. The molecule has 0 unspecified atom stereocenters. The molecule has 0 aliphatic carbocycles. The van der Waals surface area contributed by atoms with Crippen LogP contribution in [0, 0.1) is 0 Å². The van der Waals surface area contributed by atoms with Gasteiger partial charge in [0.25, 0.3) is 0 Å². The lowest BCUT2D eigenvalue weighted by Gasteiger charge is -2.12. The van der Waals surface area contributed by atoms with Crippen molar-refractivity contribution in [3.05, 3.63) is 42.0 Å². The summed E-state index contributed by atoms with van der Waals surface area (Å²) in [4.78, 5) is 0. The molecule has 0 saturated heterocycles. The van der Waals surface area contributed by atoms with Crippen LogP contribution in [0.4, 0.5) is 5.69 Å². The summed E-state index contributed by atoms with van der Waals surface area (Å²) in [5.41, 5.74) is 2.01. The molecular formula is C17H21NO4. The van der Waals surface area contributed by atoms with E-state index < -0.39 is 0 Å². The maximum Gasteiger partial charge on any atom is 0.161 e. The molecule has 2 aromatic rings. The molecule has 0 aliphatic heterocycles. The van der Waals surface area contributed by atoms with Crippen molar-refractivity contribution in [2.24, 2.45) is 0 Å². The second kappa shape index (κ2) is 7.45. The quantitative estimate of drug-likeness (QED) is 0.850. The Morgan fingerprint density at radius 1 is 0.727 bits per heavy atom. The molecule has 0 spiro atoms. The van der Waals surface area contributed by atoms with Crippen molar-refractivity contribution in [1.82, 2.24) is 0 Å². The van der Waals surface area contributed by atoms with Crippen molar-refractivity contribution in [2.75, 3.05) is 33.8 Å². The molecule has 118 valence electrons. The predicted molar refractivity (Wildman–Crippen MR) is 86.4 cm³/mol. The summed E-state index contributed by atoms with van der Waals surface area (Å²) in [6.45, 7) is 0.649. The Morgan fingerprint density at radius 2 is 1.36 bits per heavy atom. The van der Waals surface area contributed by atoms with Gasteiger partial charge in [-0.1, -0.05) is 6.07 Å². The smallest absolute Gasteiger partial charge is 0.161 e. The Bertz CT molecular complexity index is 606. The van der Waals surface area contributed by atoms with Gasteiger partial charge in [-0.2, -0.15) is 0 Å². The number of benzene rings is 2. The fourth-order valence-electron chi connectivity index (χ4n) is 2.10. The van der Waals surface area contributed by atoms with Crippen molar-refractivity contribution < 1.29 is 18.9 Å². The van der Waals surface area contributed by atoms with E-state index in [4.69, 9.17) is 18.9 Å². The SMILES string of the molecule is COc1cc(NCc2ccc(OC)c(OC)c2)cc(OC)c1. The van der Waals surface area contributed by atoms with Gasteiger partial charge in [0.2, 0.25) is 0 Å². The molecule has 2 rings (SSSR count). The van der Waals surface area contributed by atoms with Gasteiger partial charge in [0.15, 0.2) is 11.5 Å². The minimum Gasteiger partial charge on any atom is -0.497 e. The van der Waals surface area contributed by atoms with Crippen LogP contribution in [-0.4, -0.2) is 28.4 Å². The van der Waals surface area contributed by atoms with Gasteiger partial charge in [0.1, 0.15) is 11.5 Å². The third-order valence-corrected chi connectivity index (χ3v) is 3.30. The number of anilines is 1. The number of nitrogens with one attached hydrogen (secondary N) is 1. The highest BCUT2D eigenvalue weighted by Crippen LogP contribution is 2.29. The molecule has 0 saturated carbocycles. The van der Waals surface area contributed by atoms with Crippen molar-refractivity contribution in [3.8, 4) is 23.0 Å². The Balaban J connectivity index is 2.12. The molecular weight excluding hydrogens is 282 g/mol. The highest BCUT2D eigenvalue weighted by Gasteiger charge is 2.06. The van der Waals surface area contributed by atoms with Crippen molar-refractivity contribution in [3.63, 3.8) is 0 Å². The van der Waals surface area contributed by atoms with Crippen LogP contribution in [-0.2, 0) is 6.54 Å². The lowest BCUT2D eigenvalue weighted by Crippen LogP contribution is -2.01. The monoisotopic (exact) mass is 303 g/mol. The fraction of sp³-hybridized carbons (Fsp3) is 0.294. The fourth-order valence-corrected chi connectivity index (χ4v) is 2.10. The van der Waals surface area contributed by atoms with Gasteiger partial charge in [-0.25, -0.2) is 0 Å². The summed E-state index contributed by atoms with van der Waals surface area (Å²) in [5, 5.41) is 3.34. The third kappa shape index (κ3) is 3.75. The first-order chi connectivity index (χ1) is 10.7. The molecule has 5 heteroatoms. The summed E-state index contributed by atoms with van der Waals surface area (Å²) in [6.07, 6.45) is 0. The van der Waals surface area contributed by atoms with Crippen LogP contribution in [0.2, 0.25) is 0 Å². The van der Waals surface area contributed by atoms with Crippen LogP contribution in [0.25, 0.3) is 0 Å². The number of hydrogen-bond acceptors (Lipinski definition) is 5. The molecule has 0 radical (unpaired) electrons. The van der Waals surface area contributed by atoms with Crippen LogP contribution in [0.3, 0.4) is 0 Å². The van der Waals surface area contributed by atoms with E-state index in [9.17, 15) is 0 Å². The standard InChI is InChI=1S/C17H21NO4/c1-19-14-8-13(9-15(10-14)20-2)18-11-12-5-6-16(21-3)17(7-12)22-4/h5-10,18H,11H2,1-4H3. The molecule has 0 fully saturated rings. The maximum atomic E-state index is 5.31. The Hall–Kier alpha value is -2.56. The van der Waals surface area contributed by atoms with Gasteiger partial charge in [-0.05, 0) is 17.7 Å². The largest absolute Gasteiger partial charge is 0.497 e. The predicted octanol–water partition coefficient (Wildman–Crippen LogP) is 3.33. The Morgan fingerprint density at radius 3 is 1.91 bits per heavy atom. The van der Waals surface area contributed by atoms with E-state index >= 15 is 0 Å². The molecule has 0 atom stereocenters. The summed E-state index contributed by atoms with van der Waals surface area (Å²) in [6, 6.07) is 11.5. The van der Waals surface area contributed by atoms with Gasteiger partial charge in [0, 0.05) is 30.4 Å². The van der Waals surface area contributed by atoms with Gasteiger partial charge in [0.05, 0.1) is 28.4 Å². The van der Waals surface area contributed by atoms with Gasteiger partial charge in [-0.15, -0.1) is 0 Å². The molecule has 0 aromatic heterocycles. The van der Waals surface area contributed by atoms with E-state index in [2.05, 4.69) is 5.32 Å². The van der Waals surface area contributed by atoms with Crippen molar-refractivity contribution in [1.29, 1.82) is 0 Å². The van der Waals surface area contributed by atoms with Crippen LogP contribution in [0.5, 0.6) is 23.0 Å². The summed E-state index contributed by atoms with van der Waals surface area (Å²) in [7, 11) is 6.51. The molecule has 22 heavy (non-hydrogen) atoms. The van der Waals surface area contributed by atoms with Crippen LogP contribution in [0.1, 0.15) is 5.56 Å². The molecule has 0 amide bonds. The van der Waals surface area contributed by atoms with Crippen molar-refractivity contribution in [2.45, 2.75) is 6.54 Å². The maximum absolute atomic E-state index is 5.31. The van der Waals surface area contributed by atoms with E-state index in [0.717, 1.165) is 22.7 Å². The number of methoxy groups -OCH3 is 4. The number of ether oxygens (including phenoxy) is 4. The molecule has 0 heterocycles. The third-order valence-electron chi connectivity index (χ3n) is 3.30. The van der Waals surface area contributed by atoms with E-state index in [0.29, 0.717) is 18.0 Å². The zero-order valence-electron chi connectivity index (χ0n) is 13.3. The molecule has 0 aliphatic rings. The zero-order valence-corrected chi connectivity index (χ0v) is 13.3. The van der Waals surface area contributed by atoms with Crippen LogP contribution >= 0.6 is 0 Å². The lowest BCUT2D eigenvalue weighted by molar-refractivity contribution is 0.354. The molecule has 2 aromatic carbocycles. The normalized spacial score (nSPS) is 10.0. The zero-order chi connectivity index (χ0) is 15.9. The minimum absolute atomic E-state index is 0.649. The first-order valence-corrected chi connectivity index (χ1v) is 6.88. The lowest BCUT2D eigenvalue weighted by atomic mass is 10.2. The average Bonchev–Trinajstić information content (AvgIpc) is 2.59. The van der Waals surface area contributed by atoms with Gasteiger partial charge in [-0.3, -0.25) is 0 Å². The first-order valence-electron chi connectivity index (χ1n) is 6.88. The topological polar surface area (TPSA) is 49.0 Å². The molecule has 1 N–H and O–H groups in total.